The van der Waals surface area contributed by atoms with Crippen LogP contribution in [0.15, 0.2) is 18.2 Å². The Morgan fingerprint density at radius 2 is 2.20 bits per heavy atom. The number of para-hydroxylation sites is 1. The molecule has 3 atom stereocenters. The lowest BCUT2D eigenvalue weighted by molar-refractivity contribution is -0.116. The Morgan fingerprint density at radius 1 is 1.45 bits per heavy atom. The van der Waals surface area contributed by atoms with Crippen LogP contribution in [0.5, 0.6) is 5.75 Å². The minimum Gasteiger partial charge on any atom is -0.464 e. The first-order valence-corrected chi connectivity index (χ1v) is 7.50. The van der Waals surface area contributed by atoms with E-state index in [2.05, 4.69) is 17.1 Å². The molecule has 3 unspecified atom stereocenters. The van der Waals surface area contributed by atoms with E-state index < -0.39 is 5.72 Å². The molecule has 4 rings (SSSR count). The van der Waals surface area contributed by atoms with E-state index in [0.717, 1.165) is 23.5 Å². The normalized spacial score (nSPS) is 35.1. The average Bonchev–Trinajstić information content (AvgIpc) is 3.19. The monoisotopic (exact) mass is 292 g/mol. The number of fused-ring (bicyclic) bond motifs is 4. The third-order valence-corrected chi connectivity index (χ3v) is 5.19. The Morgan fingerprint density at radius 3 is 2.90 bits per heavy atom. The summed E-state index contributed by atoms with van der Waals surface area (Å²) in [5.74, 6) is 0.277. The van der Waals surface area contributed by atoms with Crippen LogP contribution in [0.1, 0.15) is 38.3 Å². The van der Waals surface area contributed by atoms with Crippen LogP contribution in [0.3, 0.4) is 0 Å². The van der Waals surface area contributed by atoms with Gasteiger partial charge in [0.05, 0.1) is 6.04 Å². The molecular weight excluding hydrogens is 275 g/mol. The number of nitrogens with one attached hydrogen (secondary N) is 1. The number of halogens is 1. The van der Waals surface area contributed by atoms with E-state index in [1.807, 2.05) is 13.0 Å². The molecule has 1 N–H and O–H groups in total. The molecule has 2 aliphatic heterocycles. The van der Waals surface area contributed by atoms with Gasteiger partial charge >= 0.3 is 0 Å². The van der Waals surface area contributed by atoms with Gasteiger partial charge in [-0.1, -0.05) is 19.1 Å². The van der Waals surface area contributed by atoms with Crippen LogP contribution in [0.25, 0.3) is 0 Å². The molecule has 5 heteroatoms. The predicted molar refractivity (Wildman–Crippen MR) is 77.9 cm³/mol. The van der Waals surface area contributed by atoms with E-state index in [1.54, 1.807) is 6.07 Å². The summed E-state index contributed by atoms with van der Waals surface area (Å²) in [7, 11) is 0. The van der Waals surface area contributed by atoms with Gasteiger partial charge in [0.25, 0.3) is 0 Å². The molecule has 1 saturated carbocycles. The van der Waals surface area contributed by atoms with Crippen molar-refractivity contribution in [2.75, 3.05) is 0 Å². The Hall–Kier alpha value is -1.36. The van der Waals surface area contributed by atoms with Crippen molar-refractivity contribution < 1.29 is 9.13 Å². The number of nitrogens with zero attached hydrogens (tertiary/aromatic N) is 1. The van der Waals surface area contributed by atoms with E-state index in [4.69, 9.17) is 17.0 Å². The zero-order valence-electron chi connectivity index (χ0n) is 11.5. The number of hydrogen-bond donors (Lipinski definition) is 1. The second-order valence-electron chi connectivity index (χ2n) is 6.13. The summed E-state index contributed by atoms with van der Waals surface area (Å²) in [6, 6.07) is 5.54. The largest absolute Gasteiger partial charge is 0.464 e. The van der Waals surface area contributed by atoms with Crippen LogP contribution in [-0.2, 0) is 0 Å². The van der Waals surface area contributed by atoms with E-state index in [1.165, 1.54) is 6.07 Å². The van der Waals surface area contributed by atoms with Gasteiger partial charge < -0.3 is 15.0 Å². The molecule has 2 heterocycles. The number of benzene rings is 1. The van der Waals surface area contributed by atoms with Gasteiger partial charge in [0, 0.05) is 17.5 Å². The molecule has 0 spiro atoms. The highest BCUT2D eigenvalue weighted by Gasteiger charge is 2.57. The Labute approximate surface area is 123 Å². The molecule has 1 aromatic rings. The minimum absolute atomic E-state index is 0.0157. The van der Waals surface area contributed by atoms with Gasteiger partial charge in [0.15, 0.2) is 22.4 Å². The Balaban J connectivity index is 1.88. The van der Waals surface area contributed by atoms with Crippen molar-refractivity contribution in [1.29, 1.82) is 0 Å². The van der Waals surface area contributed by atoms with Gasteiger partial charge in [-0.15, -0.1) is 0 Å². The molecule has 1 aliphatic carbocycles. The number of rotatable bonds is 1. The van der Waals surface area contributed by atoms with Crippen LogP contribution < -0.4 is 10.1 Å². The lowest BCUT2D eigenvalue weighted by Gasteiger charge is -2.56. The van der Waals surface area contributed by atoms with Crippen molar-refractivity contribution >= 4 is 17.3 Å². The minimum atomic E-state index is -0.566. The number of ether oxygens (including phenoxy) is 1. The maximum absolute atomic E-state index is 14.1. The smallest absolute Gasteiger partial charge is 0.187 e. The molecule has 0 radical (unpaired) electrons. The highest BCUT2D eigenvalue weighted by atomic mass is 32.1. The summed E-state index contributed by atoms with van der Waals surface area (Å²) < 4.78 is 20.3. The fourth-order valence-corrected chi connectivity index (χ4v) is 3.95. The first kappa shape index (κ1) is 12.4. The van der Waals surface area contributed by atoms with Crippen molar-refractivity contribution in [3.8, 4) is 5.75 Å². The number of thiocarbonyl (C=S) groups is 1. The summed E-state index contributed by atoms with van der Waals surface area (Å²) >= 11 is 5.53. The molecular formula is C15H17FN2OS. The standard InChI is InChI=1S/C15H17FN2OS/c1-8-12-10-4-3-5-11(16)13(10)19-15(8,2)18(9-6-7-9)14(20)17-12/h3-5,8-9,12H,6-7H2,1-2H3,(H,17,20). The molecule has 2 fully saturated rings. The molecule has 0 amide bonds. The van der Waals surface area contributed by atoms with Crippen LogP contribution in [0, 0.1) is 11.7 Å². The lowest BCUT2D eigenvalue weighted by atomic mass is 9.81. The van der Waals surface area contributed by atoms with Gasteiger partial charge in [-0.2, -0.15) is 0 Å². The first-order chi connectivity index (χ1) is 9.52. The van der Waals surface area contributed by atoms with E-state index >= 15 is 0 Å². The van der Waals surface area contributed by atoms with Crippen LogP contribution in [-0.4, -0.2) is 21.8 Å². The first-order valence-electron chi connectivity index (χ1n) is 7.09. The van der Waals surface area contributed by atoms with E-state index in [9.17, 15) is 4.39 Å². The zero-order chi connectivity index (χ0) is 14.1. The van der Waals surface area contributed by atoms with Crippen LogP contribution >= 0.6 is 12.2 Å². The number of hydrogen-bond acceptors (Lipinski definition) is 2. The van der Waals surface area contributed by atoms with Crippen molar-refractivity contribution in [1.82, 2.24) is 10.2 Å². The summed E-state index contributed by atoms with van der Waals surface area (Å²) in [5.41, 5.74) is 0.302. The molecule has 1 saturated heterocycles. The van der Waals surface area contributed by atoms with Crippen molar-refractivity contribution in [3.63, 3.8) is 0 Å². The molecule has 106 valence electrons. The van der Waals surface area contributed by atoms with E-state index in [-0.39, 0.29) is 17.8 Å². The molecule has 1 aromatic carbocycles. The van der Waals surface area contributed by atoms with E-state index in [0.29, 0.717) is 11.8 Å². The van der Waals surface area contributed by atoms with Gasteiger partial charge in [-0.05, 0) is 38.0 Å². The predicted octanol–water partition coefficient (Wildman–Crippen LogP) is 2.96. The van der Waals surface area contributed by atoms with Gasteiger partial charge in [-0.25, -0.2) is 4.39 Å². The van der Waals surface area contributed by atoms with Crippen molar-refractivity contribution in [2.45, 2.75) is 44.5 Å². The Bertz CT molecular complexity index is 604. The fourth-order valence-electron chi connectivity index (χ4n) is 3.49. The molecule has 3 nitrogen and oxygen atoms in total. The molecule has 2 bridgehead atoms. The summed E-state index contributed by atoms with van der Waals surface area (Å²) in [5, 5.41) is 4.12. The van der Waals surface area contributed by atoms with Crippen molar-refractivity contribution in [3.05, 3.63) is 29.6 Å². The quantitative estimate of drug-likeness (QED) is 0.804. The van der Waals surface area contributed by atoms with Crippen LogP contribution in [0.4, 0.5) is 4.39 Å². The highest BCUT2D eigenvalue weighted by molar-refractivity contribution is 7.80. The Kier molecular flexibility index (Phi) is 2.38. The summed E-state index contributed by atoms with van der Waals surface area (Å²) in [4.78, 5) is 2.14. The van der Waals surface area contributed by atoms with Gasteiger partial charge in [0.2, 0.25) is 0 Å². The topological polar surface area (TPSA) is 24.5 Å². The average molecular weight is 292 g/mol. The summed E-state index contributed by atoms with van der Waals surface area (Å²) in [6.45, 7) is 4.17. The zero-order valence-corrected chi connectivity index (χ0v) is 12.3. The van der Waals surface area contributed by atoms with Crippen molar-refractivity contribution in [2.24, 2.45) is 5.92 Å². The maximum Gasteiger partial charge on any atom is 0.187 e. The molecule has 0 aromatic heterocycles. The van der Waals surface area contributed by atoms with Gasteiger partial charge in [0.1, 0.15) is 0 Å². The second kappa shape index (κ2) is 3.85. The SMILES string of the molecule is CC1C2NC(=S)N(C3CC3)C1(C)Oc1c(F)cccc12. The third kappa shape index (κ3) is 1.47. The third-order valence-electron chi connectivity index (χ3n) is 4.87. The maximum atomic E-state index is 14.1. The van der Waals surface area contributed by atoms with Gasteiger partial charge in [-0.3, -0.25) is 0 Å². The molecule has 20 heavy (non-hydrogen) atoms. The highest BCUT2D eigenvalue weighted by Crippen LogP contribution is 2.51. The van der Waals surface area contributed by atoms with Crippen LogP contribution in [0.2, 0.25) is 0 Å². The lowest BCUT2D eigenvalue weighted by Crippen LogP contribution is -2.69. The summed E-state index contributed by atoms with van der Waals surface area (Å²) in [6.07, 6.45) is 2.25. The fraction of sp³-hybridized carbons (Fsp3) is 0.533. The molecule has 3 aliphatic rings. The second-order valence-corrected chi connectivity index (χ2v) is 6.52.